The van der Waals surface area contributed by atoms with Gasteiger partial charge in [0.25, 0.3) is 10.0 Å². The highest BCUT2D eigenvalue weighted by Gasteiger charge is 2.33. The Morgan fingerprint density at radius 1 is 1.44 bits per heavy atom. The van der Waals surface area contributed by atoms with Crippen molar-refractivity contribution >= 4 is 15.8 Å². The molecule has 0 bridgehead atoms. The van der Waals surface area contributed by atoms with E-state index in [-0.39, 0.29) is 0 Å². The van der Waals surface area contributed by atoms with E-state index in [2.05, 4.69) is 9.72 Å². The Bertz CT molecular complexity index is 620. The van der Waals surface area contributed by atoms with Gasteiger partial charge in [0, 0.05) is 6.07 Å². The number of pyridine rings is 1. The number of ether oxygens (including phenoxy) is 1. The molecule has 0 aromatic carbocycles. The summed E-state index contributed by atoms with van der Waals surface area (Å²) in [4.78, 5) is 3.12. The summed E-state index contributed by atoms with van der Waals surface area (Å²) in [5, 5.41) is 12.4. The van der Waals surface area contributed by atoms with E-state index in [1.165, 1.54) is 6.07 Å². The van der Waals surface area contributed by atoms with Crippen molar-refractivity contribution in [3.8, 4) is 11.8 Å². The van der Waals surface area contributed by atoms with Gasteiger partial charge in [-0.1, -0.05) is 0 Å². The third-order valence-electron chi connectivity index (χ3n) is 1.60. The molecule has 0 amide bonds. The average Bonchev–Trinajstić information content (AvgIpc) is 2.17. The van der Waals surface area contributed by atoms with Gasteiger partial charge in [-0.25, -0.2) is 18.5 Å². The third-order valence-corrected chi connectivity index (χ3v) is 2.45. The van der Waals surface area contributed by atoms with E-state index >= 15 is 0 Å². The zero-order chi connectivity index (χ0) is 14.1. The quantitative estimate of drug-likeness (QED) is 0.789. The molecule has 0 saturated carbocycles. The van der Waals surface area contributed by atoms with E-state index in [1.54, 1.807) is 0 Å². The number of primary sulfonamides is 1. The molecule has 0 saturated heterocycles. The van der Waals surface area contributed by atoms with E-state index in [0.29, 0.717) is 6.07 Å². The number of hydrogen-bond acceptors (Lipinski definition) is 6. The molecule has 1 aromatic rings. The maximum Gasteiger partial charge on any atom is 0.573 e. The van der Waals surface area contributed by atoms with Crippen LogP contribution in [0.2, 0.25) is 0 Å². The zero-order valence-corrected chi connectivity index (χ0v) is 9.21. The van der Waals surface area contributed by atoms with Gasteiger partial charge in [-0.2, -0.15) is 5.26 Å². The van der Waals surface area contributed by atoms with Crippen LogP contribution in [-0.4, -0.2) is 19.8 Å². The van der Waals surface area contributed by atoms with Crippen LogP contribution in [0.3, 0.4) is 0 Å². The van der Waals surface area contributed by atoms with Gasteiger partial charge in [-0.3, -0.25) is 0 Å². The standard InChI is InChI=1S/C7H5F3N4O3S/c8-7(9,10)17-4-1-3(2-11)6(14-5(4)12)18(13,15)16/h1H,(H2,12,14)(H2,13,15,16). The Morgan fingerprint density at radius 3 is 2.39 bits per heavy atom. The summed E-state index contributed by atoms with van der Waals surface area (Å²) in [5.41, 5.74) is 4.38. The highest BCUT2D eigenvalue weighted by Crippen LogP contribution is 2.29. The number of halogens is 3. The van der Waals surface area contributed by atoms with E-state index in [1.807, 2.05) is 0 Å². The highest BCUT2D eigenvalue weighted by atomic mass is 32.2. The van der Waals surface area contributed by atoms with Crippen LogP contribution < -0.4 is 15.6 Å². The van der Waals surface area contributed by atoms with Crippen LogP contribution in [0.15, 0.2) is 11.1 Å². The molecular weight excluding hydrogens is 277 g/mol. The molecule has 0 aliphatic carbocycles. The fourth-order valence-corrected chi connectivity index (χ4v) is 1.63. The molecule has 0 radical (unpaired) electrons. The number of hydrogen-bond donors (Lipinski definition) is 2. The first-order chi connectivity index (χ1) is 8.04. The van der Waals surface area contributed by atoms with Gasteiger partial charge in [0.05, 0.1) is 5.56 Å². The van der Waals surface area contributed by atoms with Gasteiger partial charge in [0.15, 0.2) is 16.6 Å². The molecule has 0 spiro atoms. The van der Waals surface area contributed by atoms with Crippen LogP contribution >= 0.6 is 0 Å². The number of aromatic nitrogens is 1. The normalized spacial score (nSPS) is 11.9. The minimum absolute atomic E-state index is 0.496. The van der Waals surface area contributed by atoms with E-state index in [4.69, 9.17) is 16.1 Å². The van der Waals surface area contributed by atoms with E-state index < -0.39 is 38.5 Å². The van der Waals surface area contributed by atoms with Crippen molar-refractivity contribution < 1.29 is 26.3 Å². The second-order valence-corrected chi connectivity index (χ2v) is 4.41. The minimum Gasteiger partial charge on any atom is -0.402 e. The van der Waals surface area contributed by atoms with E-state index in [9.17, 15) is 21.6 Å². The summed E-state index contributed by atoms with van der Waals surface area (Å²) in [6.45, 7) is 0. The molecule has 0 atom stereocenters. The Labute approximate surface area is 98.8 Å². The van der Waals surface area contributed by atoms with Crippen molar-refractivity contribution in [1.82, 2.24) is 4.98 Å². The van der Waals surface area contributed by atoms with Crippen LogP contribution in [0.5, 0.6) is 5.75 Å². The van der Waals surface area contributed by atoms with Crippen molar-refractivity contribution in [1.29, 1.82) is 5.26 Å². The number of rotatable bonds is 2. The van der Waals surface area contributed by atoms with Gasteiger partial charge in [-0.05, 0) is 0 Å². The Kier molecular flexibility index (Phi) is 3.36. The number of nitrogens with two attached hydrogens (primary N) is 2. The molecular formula is C7H5F3N4O3S. The van der Waals surface area contributed by atoms with Crippen LogP contribution in [0.1, 0.15) is 5.56 Å². The molecule has 1 rings (SSSR count). The second-order valence-electron chi connectivity index (χ2n) is 2.93. The van der Waals surface area contributed by atoms with Crippen LogP contribution in [-0.2, 0) is 10.0 Å². The lowest BCUT2D eigenvalue weighted by atomic mass is 10.3. The number of nitriles is 1. The number of alkyl halides is 3. The summed E-state index contributed by atoms with van der Waals surface area (Å²) in [6.07, 6.45) is -5.05. The van der Waals surface area contributed by atoms with Gasteiger partial charge in [-0.15, -0.1) is 13.2 Å². The number of nitrogen functional groups attached to an aromatic ring is 1. The van der Waals surface area contributed by atoms with Crippen LogP contribution in [0.4, 0.5) is 19.0 Å². The molecule has 0 fully saturated rings. The average molecular weight is 282 g/mol. The number of anilines is 1. The maximum atomic E-state index is 12.0. The van der Waals surface area contributed by atoms with Gasteiger partial charge < -0.3 is 10.5 Å². The fourth-order valence-electron chi connectivity index (χ4n) is 0.995. The van der Waals surface area contributed by atoms with Crippen molar-refractivity contribution in [2.75, 3.05) is 5.73 Å². The van der Waals surface area contributed by atoms with Gasteiger partial charge in [0.2, 0.25) is 0 Å². The summed E-state index contributed by atoms with van der Waals surface area (Å²) in [7, 11) is -4.38. The van der Waals surface area contributed by atoms with Gasteiger partial charge in [0.1, 0.15) is 6.07 Å². The molecule has 11 heteroatoms. The first kappa shape index (κ1) is 14.0. The second kappa shape index (κ2) is 4.31. The first-order valence-corrected chi connectivity index (χ1v) is 5.58. The maximum absolute atomic E-state index is 12.0. The topological polar surface area (TPSA) is 132 Å². The predicted molar refractivity (Wildman–Crippen MR) is 51.4 cm³/mol. The van der Waals surface area contributed by atoms with Gasteiger partial charge >= 0.3 is 6.36 Å². The summed E-state index contributed by atoms with van der Waals surface area (Å²) in [5.74, 6) is -1.83. The summed E-state index contributed by atoms with van der Waals surface area (Å²) in [6, 6.07) is 1.83. The SMILES string of the molecule is N#Cc1cc(OC(F)(F)F)c(N)nc1S(N)(=O)=O. The third kappa shape index (κ3) is 3.22. The van der Waals surface area contributed by atoms with Crippen LogP contribution in [0, 0.1) is 11.3 Å². The molecule has 0 aliphatic rings. The van der Waals surface area contributed by atoms with E-state index in [0.717, 1.165) is 0 Å². The monoisotopic (exact) mass is 282 g/mol. The smallest absolute Gasteiger partial charge is 0.402 e. The van der Waals surface area contributed by atoms with Crippen molar-refractivity contribution in [3.05, 3.63) is 11.6 Å². The molecule has 1 heterocycles. The molecule has 7 nitrogen and oxygen atoms in total. The Hall–Kier alpha value is -2.06. The zero-order valence-electron chi connectivity index (χ0n) is 8.39. The molecule has 18 heavy (non-hydrogen) atoms. The lowest BCUT2D eigenvalue weighted by Gasteiger charge is -2.11. The molecule has 0 unspecified atom stereocenters. The first-order valence-electron chi connectivity index (χ1n) is 4.04. The summed E-state index contributed by atoms with van der Waals surface area (Å²) >= 11 is 0. The lowest BCUT2D eigenvalue weighted by molar-refractivity contribution is -0.274. The minimum atomic E-state index is -5.05. The van der Waals surface area contributed by atoms with Crippen molar-refractivity contribution in [3.63, 3.8) is 0 Å². The lowest BCUT2D eigenvalue weighted by Crippen LogP contribution is -2.21. The summed E-state index contributed by atoms with van der Waals surface area (Å²) < 4.78 is 61.4. The Balaban J connectivity index is 3.43. The number of nitrogens with zero attached hydrogens (tertiary/aromatic N) is 2. The highest BCUT2D eigenvalue weighted by molar-refractivity contribution is 7.89. The van der Waals surface area contributed by atoms with Crippen molar-refractivity contribution in [2.45, 2.75) is 11.4 Å². The molecule has 98 valence electrons. The largest absolute Gasteiger partial charge is 0.573 e. The Morgan fingerprint density at radius 2 is 2.00 bits per heavy atom. The number of sulfonamides is 1. The molecule has 0 aliphatic heterocycles. The predicted octanol–water partition coefficient (Wildman–Crippen LogP) is 0.0815. The van der Waals surface area contributed by atoms with Crippen LogP contribution in [0.25, 0.3) is 0 Å². The molecule has 1 aromatic heterocycles. The van der Waals surface area contributed by atoms with Crippen molar-refractivity contribution in [2.24, 2.45) is 5.14 Å². The molecule has 4 N–H and O–H groups in total. The fraction of sp³-hybridized carbons (Fsp3) is 0.143.